The van der Waals surface area contributed by atoms with Crippen LogP contribution in [0.1, 0.15) is 15.9 Å². The summed E-state index contributed by atoms with van der Waals surface area (Å²) < 4.78 is 5.39. The number of rotatable bonds is 7. The normalized spacial score (nSPS) is 10.6. The van der Waals surface area contributed by atoms with Gasteiger partial charge in [0.25, 0.3) is 5.91 Å². The molecule has 0 spiro atoms. The molecule has 0 atom stereocenters. The van der Waals surface area contributed by atoms with Crippen LogP contribution in [0.15, 0.2) is 79.3 Å². The van der Waals surface area contributed by atoms with Gasteiger partial charge in [-0.3, -0.25) is 14.8 Å². The van der Waals surface area contributed by atoms with E-state index in [1.807, 2.05) is 54.6 Å². The quantitative estimate of drug-likeness (QED) is 0.478. The van der Waals surface area contributed by atoms with Crippen molar-refractivity contribution in [2.45, 2.75) is 6.42 Å². The smallest absolute Gasteiger partial charge is 0.257 e. The third-order valence-electron chi connectivity index (χ3n) is 4.80. The molecule has 0 aliphatic carbocycles. The van der Waals surface area contributed by atoms with Crippen molar-refractivity contribution in [2.24, 2.45) is 0 Å². The lowest BCUT2D eigenvalue weighted by Crippen LogP contribution is -2.14. The fraction of sp³-hybridized carbons (Fsp3) is 0.125. The minimum Gasteiger partial charge on any atom is -0.496 e. The molecule has 150 valence electrons. The van der Waals surface area contributed by atoms with Gasteiger partial charge < -0.3 is 15.4 Å². The zero-order valence-corrected chi connectivity index (χ0v) is 16.6. The van der Waals surface area contributed by atoms with Crippen molar-refractivity contribution in [1.29, 1.82) is 0 Å². The molecule has 0 saturated heterocycles. The number of nitrogens with zero attached hydrogens (tertiary/aromatic N) is 2. The Morgan fingerprint density at radius 3 is 2.80 bits per heavy atom. The highest BCUT2D eigenvalue weighted by Gasteiger charge is 2.10. The number of fused-ring (bicyclic) bond motifs is 1. The largest absolute Gasteiger partial charge is 0.496 e. The van der Waals surface area contributed by atoms with E-state index in [9.17, 15) is 4.79 Å². The number of anilines is 2. The maximum Gasteiger partial charge on any atom is 0.257 e. The molecule has 1 amide bonds. The fourth-order valence-corrected chi connectivity index (χ4v) is 3.31. The van der Waals surface area contributed by atoms with Crippen LogP contribution in [0, 0.1) is 0 Å². The highest BCUT2D eigenvalue weighted by molar-refractivity contribution is 6.08. The van der Waals surface area contributed by atoms with E-state index in [-0.39, 0.29) is 5.91 Å². The molecule has 2 heterocycles. The zero-order chi connectivity index (χ0) is 20.8. The minimum atomic E-state index is -0.228. The molecular formula is C24H22N4O2. The average Bonchev–Trinajstić information content (AvgIpc) is 2.80. The summed E-state index contributed by atoms with van der Waals surface area (Å²) in [5.74, 6) is 0.642. The van der Waals surface area contributed by atoms with Crippen LogP contribution in [-0.4, -0.2) is 29.5 Å². The predicted molar refractivity (Wildman–Crippen MR) is 119 cm³/mol. The number of para-hydroxylation sites is 2. The molecule has 0 saturated carbocycles. The summed E-state index contributed by atoms with van der Waals surface area (Å²) in [6.45, 7) is 0.695. The van der Waals surface area contributed by atoms with Crippen molar-refractivity contribution in [1.82, 2.24) is 9.97 Å². The van der Waals surface area contributed by atoms with Crippen LogP contribution in [0.4, 0.5) is 11.4 Å². The summed E-state index contributed by atoms with van der Waals surface area (Å²) in [7, 11) is 1.67. The first-order chi connectivity index (χ1) is 14.7. The number of amides is 1. The van der Waals surface area contributed by atoms with Gasteiger partial charge in [-0.1, -0.05) is 36.4 Å². The Bertz CT molecular complexity index is 1170. The van der Waals surface area contributed by atoms with Crippen molar-refractivity contribution in [2.75, 3.05) is 24.3 Å². The number of aromatic nitrogens is 2. The molecule has 0 unspecified atom stereocenters. The van der Waals surface area contributed by atoms with Gasteiger partial charge in [-0.05, 0) is 36.2 Å². The van der Waals surface area contributed by atoms with Gasteiger partial charge in [0.2, 0.25) is 0 Å². The van der Waals surface area contributed by atoms with E-state index >= 15 is 0 Å². The molecular weight excluding hydrogens is 376 g/mol. The summed E-state index contributed by atoms with van der Waals surface area (Å²) in [6, 6.07) is 19.3. The molecule has 4 aromatic rings. The van der Waals surface area contributed by atoms with Gasteiger partial charge >= 0.3 is 0 Å². The molecule has 0 aliphatic rings. The topological polar surface area (TPSA) is 76.1 Å². The molecule has 0 aliphatic heterocycles. The van der Waals surface area contributed by atoms with E-state index in [0.29, 0.717) is 17.8 Å². The molecule has 2 N–H and O–H groups in total. The monoisotopic (exact) mass is 398 g/mol. The number of ether oxygens (including phenoxy) is 1. The first-order valence-corrected chi connectivity index (χ1v) is 9.70. The summed E-state index contributed by atoms with van der Waals surface area (Å²) in [6.07, 6.45) is 5.77. The van der Waals surface area contributed by atoms with Crippen LogP contribution in [0.5, 0.6) is 5.75 Å². The van der Waals surface area contributed by atoms with Crippen LogP contribution < -0.4 is 15.4 Å². The highest BCUT2D eigenvalue weighted by atomic mass is 16.5. The Morgan fingerprint density at radius 2 is 1.90 bits per heavy atom. The second kappa shape index (κ2) is 9.05. The summed E-state index contributed by atoms with van der Waals surface area (Å²) in [5, 5.41) is 7.23. The number of methoxy groups -OCH3 is 1. The van der Waals surface area contributed by atoms with Crippen molar-refractivity contribution in [3.63, 3.8) is 0 Å². The number of nitrogens with one attached hydrogen (secondary N) is 2. The molecule has 0 bridgehead atoms. The number of hydrogen-bond acceptors (Lipinski definition) is 5. The third-order valence-corrected chi connectivity index (χ3v) is 4.80. The van der Waals surface area contributed by atoms with Crippen molar-refractivity contribution >= 4 is 28.2 Å². The molecule has 2 aromatic carbocycles. The zero-order valence-electron chi connectivity index (χ0n) is 16.6. The van der Waals surface area contributed by atoms with Crippen LogP contribution in [-0.2, 0) is 6.42 Å². The van der Waals surface area contributed by atoms with Gasteiger partial charge in [-0.15, -0.1) is 0 Å². The number of benzene rings is 2. The first kappa shape index (κ1) is 19.4. The molecule has 2 aromatic heterocycles. The molecule has 0 radical (unpaired) electrons. The number of hydrogen-bond donors (Lipinski definition) is 2. The van der Waals surface area contributed by atoms with Gasteiger partial charge in [-0.2, -0.15) is 0 Å². The Balaban J connectivity index is 1.43. The van der Waals surface area contributed by atoms with Gasteiger partial charge in [0.1, 0.15) is 5.75 Å². The Labute approximate surface area is 175 Å². The molecule has 0 fully saturated rings. The molecule has 30 heavy (non-hydrogen) atoms. The van der Waals surface area contributed by atoms with Crippen LogP contribution in [0.3, 0.4) is 0 Å². The first-order valence-electron chi connectivity index (χ1n) is 9.70. The minimum absolute atomic E-state index is 0.228. The predicted octanol–water partition coefficient (Wildman–Crippen LogP) is 4.55. The lowest BCUT2D eigenvalue weighted by Gasteiger charge is -2.11. The van der Waals surface area contributed by atoms with Gasteiger partial charge in [0.05, 0.1) is 29.6 Å². The lowest BCUT2D eigenvalue weighted by molar-refractivity contribution is 0.102. The Hall–Kier alpha value is -3.93. The third kappa shape index (κ3) is 4.38. The van der Waals surface area contributed by atoms with Gasteiger partial charge in [-0.25, -0.2) is 0 Å². The number of carbonyl (C=O) groups excluding carboxylic acids is 1. The Kier molecular flexibility index (Phi) is 5.85. The maximum atomic E-state index is 12.8. The average molecular weight is 398 g/mol. The van der Waals surface area contributed by atoms with Crippen LogP contribution in [0.25, 0.3) is 10.9 Å². The number of pyridine rings is 2. The number of carbonyl (C=O) groups is 1. The second-order valence-corrected chi connectivity index (χ2v) is 6.79. The molecule has 6 heteroatoms. The fourth-order valence-electron chi connectivity index (χ4n) is 3.31. The summed E-state index contributed by atoms with van der Waals surface area (Å²) >= 11 is 0. The summed E-state index contributed by atoms with van der Waals surface area (Å²) in [5.41, 5.74) is 3.82. The van der Waals surface area contributed by atoms with Crippen LogP contribution >= 0.6 is 0 Å². The van der Waals surface area contributed by atoms with Crippen molar-refractivity contribution in [3.05, 3.63) is 90.4 Å². The van der Waals surface area contributed by atoms with E-state index in [0.717, 1.165) is 34.3 Å². The van der Waals surface area contributed by atoms with Crippen molar-refractivity contribution < 1.29 is 9.53 Å². The van der Waals surface area contributed by atoms with E-state index in [1.165, 1.54) is 0 Å². The van der Waals surface area contributed by atoms with E-state index in [4.69, 9.17) is 4.74 Å². The van der Waals surface area contributed by atoms with E-state index in [1.54, 1.807) is 31.8 Å². The van der Waals surface area contributed by atoms with Gasteiger partial charge in [0.15, 0.2) is 0 Å². The second-order valence-electron chi connectivity index (χ2n) is 6.79. The SMILES string of the molecule is COc1ccccc1CCNc1cncc(C(=O)Nc2cccc3cccnc23)c1. The highest BCUT2D eigenvalue weighted by Crippen LogP contribution is 2.22. The van der Waals surface area contributed by atoms with Gasteiger partial charge in [0, 0.05) is 30.5 Å². The van der Waals surface area contributed by atoms with E-state index in [2.05, 4.69) is 20.6 Å². The van der Waals surface area contributed by atoms with E-state index < -0.39 is 0 Å². The van der Waals surface area contributed by atoms with Crippen LogP contribution in [0.2, 0.25) is 0 Å². The molecule has 6 nitrogen and oxygen atoms in total. The summed E-state index contributed by atoms with van der Waals surface area (Å²) in [4.78, 5) is 21.3. The Morgan fingerprint density at radius 1 is 1.03 bits per heavy atom. The lowest BCUT2D eigenvalue weighted by atomic mass is 10.1. The maximum absolute atomic E-state index is 12.8. The van der Waals surface area contributed by atoms with Crippen molar-refractivity contribution in [3.8, 4) is 5.75 Å². The molecule has 4 rings (SSSR count). The standard InChI is InChI=1S/C24H22N4O2/c1-30-22-10-3-2-6-17(22)11-13-26-20-14-19(15-25-16-20)24(29)28-21-9-4-7-18-8-5-12-27-23(18)21/h2-10,12,14-16,26H,11,13H2,1H3,(H,28,29).